The highest BCUT2D eigenvalue weighted by molar-refractivity contribution is 9.10. The van der Waals surface area contributed by atoms with Gasteiger partial charge in [0.05, 0.1) is 11.1 Å². The van der Waals surface area contributed by atoms with Crippen LogP contribution in [0.15, 0.2) is 16.6 Å². The molecular formula is C10H7BrF2O4. The predicted molar refractivity (Wildman–Crippen MR) is 57.8 cm³/mol. The molecule has 0 aliphatic rings. The van der Waals surface area contributed by atoms with E-state index in [4.69, 9.17) is 10.2 Å². The fourth-order valence-corrected chi connectivity index (χ4v) is 1.85. The van der Waals surface area contributed by atoms with Crippen LogP contribution in [0.1, 0.15) is 26.3 Å². The number of benzene rings is 1. The smallest absolute Gasteiger partial charge is 0.336 e. The lowest BCUT2D eigenvalue weighted by Gasteiger charge is -2.10. The van der Waals surface area contributed by atoms with E-state index in [0.29, 0.717) is 0 Å². The summed E-state index contributed by atoms with van der Waals surface area (Å²) in [5.74, 6) is -2.88. The van der Waals surface area contributed by atoms with Crippen LogP contribution in [0.5, 0.6) is 0 Å². The third-order valence-electron chi connectivity index (χ3n) is 2.03. The molecule has 0 fully saturated rings. The quantitative estimate of drug-likeness (QED) is 0.896. The molecule has 0 spiro atoms. The minimum atomic E-state index is -2.81. The van der Waals surface area contributed by atoms with Gasteiger partial charge in [-0.1, -0.05) is 15.9 Å². The molecule has 92 valence electrons. The molecule has 0 aromatic heterocycles. The Morgan fingerprint density at radius 1 is 1.18 bits per heavy atom. The normalized spacial score (nSPS) is 10.6. The summed E-state index contributed by atoms with van der Waals surface area (Å²) in [5.41, 5.74) is -1.24. The van der Waals surface area contributed by atoms with Crippen molar-refractivity contribution < 1.29 is 28.6 Å². The second-order valence-electron chi connectivity index (χ2n) is 3.18. The molecule has 0 amide bonds. The highest BCUT2D eigenvalue weighted by Crippen LogP contribution is 2.24. The van der Waals surface area contributed by atoms with Crippen LogP contribution in [0.2, 0.25) is 0 Å². The molecule has 2 N–H and O–H groups in total. The molecule has 0 unspecified atom stereocenters. The van der Waals surface area contributed by atoms with Crippen LogP contribution >= 0.6 is 15.9 Å². The lowest BCUT2D eigenvalue weighted by atomic mass is 9.98. The Morgan fingerprint density at radius 2 is 1.59 bits per heavy atom. The molecule has 1 aromatic rings. The fourth-order valence-electron chi connectivity index (χ4n) is 1.39. The van der Waals surface area contributed by atoms with Gasteiger partial charge in [-0.15, -0.1) is 0 Å². The van der Waals surface area contributed by atoms with Gasteiger partial charge < -0.3 is 10.2 Å². The molecule has 0 bridgehead atoms. The van der Waals surface area contributed by atoms with Crippen LogP contribution in [0.4, 0.5) is 8.78 Å². The van der Waals surface area contributed by atoms with Crippen LogP contribution in [0.3, 0.4) is 0 Å². The molecule has 4 nitrogen and oxygen atoms in total. The second-order valence-corrected chi connectivity index (χ2v) is 4.10. The number of hydrogen-bond donors (Lipinski definition) is 2. The number of hydrogen-bond acceptors (Lipinski definition) is 2. The number of carbonyl (C=O) groups is 2. The third-order valence-corrected chi connectivity index (χ3v) is 2.49. The number of aromatic carboxylic acids is 2. The van der Waals surface area contributed by atoms with Gasteiger partial charge >= 0.3 is 11.9 Å². The summed E-state index contributed by atoms with van der Waals surface area (Å²) in [7, 11) is 0. The summed E-state index contributed by atoms with van der Waals surface area (Å²) in [6.07, 6.45) is -3.72. The highest BCUT2D eigenvalue weighted by atomic mass is 79.9. The maximum atomic E-state index is 12.3. The van der Waals surface area contributed by atoms with Gasteiger partial charge in [0.25, 0.3) is 0 Å². The van der Waals surface area contributed by atoms with Gasteiger partial charge in [-0.05, 0) is 17.7 Å². The Balaban J connectivity index is 3.47. The summed E-state index contributed by atoms with van der Waals surface area (Å²) < 4.78 is 24.8. The first-order valence-electron chi connectivity index (χ1n) is 4.40. The van der Waals surface area contributed by atoms with E-state index in [2.05, 4.69) is 15.9 Å². The predicted octanol–water partition coefficient (Wildman–Crippen LogP) is 2.65. The van der Waals surface area contributed by atoms with Crippen molar-refractivity contribution in [3.05, 3.63) is 33.3 Å². The van der Waals surface area contributed by atoms with Crippen molar-refractivity contribution in [1.82, 2.24) is 0 Å². The fraction of sp³-hybridized carbons (Fsp3) is 0.200. The monoisotopic (exact) mass is 308 g/mol. The van der Waals surface area contributed by atoms with Crippen LogP contribution < -0.4 is 0 Å². The molecule has 0 heterocycles. The van der Waals surface area contributed by atoms with Crippen molar-refractivity contribution in [3.63, 3.8) is 0 Å². The zero-order chi connectivity index (χ0) is 13.2. The molecule has 0 radical (unpaired) electrons. The molecule has 1 aromatic carbocycles. The molecule has 0 aliphatic heterocycles. The van der Waals surface area contributed by atoms with Crippen molar-refractivity contribution in [2.75, 3.05) is 0 Å². The third kappa shape index (κ3) is 3.23. The van der Waals surface area contributed by atoms with Gasteiger partial charge in [0.2, 0.25) is 6.43 Å². The van der Waals surface area contributed by atoms with Crippen molar-refractivity contribution in [1.29, 1.82) is 0 Å². The first-order chi connectivity index (χ1) is 7.82. The summed E-state index contributed by atoms with van der Waals surface area (Å²) >= 11 is 2.94. The lowest BCUT2D eigenvalue weighted by molar-refractivity contribution is 0.0692. The Labute approximate surface area is 103 Å². The Morgan fingerprint density at radius 3 is 1.88 bits per heavy atom. The first-order valence-corrected chi connectivity index (χ1v) is 5.19. The lowest BCUT2D eigenvalue weighted by Crippen LogP contribution is -2.13. The van der Waals surface area contributed by atoms with E-state index in [0.717, 1.165) is 12.1 Å². The molecule has 0 aliphatic carbocycles. The van der Waals surface area contributed by atoms with Gasteiger partial charge in [0.15, 0.2) is 0 Å². The van der Waals surface area contributed by atoms with Crippen LogP contribution in [0, 0.1) is 0 Å². The van der Waals surface area contributed by atoms with Crippen molar-refractivity contribution in [2.45, 2.75) is 12.8 Å². The zero-order valence-corrected chi connectivity index (χ0v) is 9.87. The number of halogens is 3. The van der Waals surface area contributed by atoms with E-state index in [1.54, 1.807) is 0 Å². The number of alkyl halides is 2. The number of carboxylic acids is 2. The van der Waals surface area contributed by atoms with Crippen LogP contribution in [0.25, 0.3) is 0 Å². The van der Waals surface area contributed by atoms with E-state index in [1.165, 1.54) is 0 Å². The SMILES string of the molecule is O=C(O)c1cc(Br)cc(C(=O)O)c1CC(F)F. The summed E-state index contributed by atoms with van der Waals surface area (Å²) in [6, 6.07) is 2.21. The summed E-state index contributed by atoms with van der Waals surface area (Å²) in [5, 5.41) is 17.7. The Bertz CT molecular complexity index is 438. The van der Waals surface area contributed by atoms with E-state index in [9.17, 15) is 18.4 Å². The zero-order valence-electron chi connectivity index (χ0n) is 8.28. The molecular weight excluding hydrogens is 302 g/mol. The maximum Gasteiger partial charge on any atom is 0.336 e. The second kappa shape index (κ2) is 5.22. The van der Waals surface area contributed by atoms with Gasteiger partial charge in [0, 0.05) is 10.9 Å². The average Bonchev–Trinajstić information content (AvgIpc) is 2.18. The van der Waals surface area contributed by atoms with E-state index >= 15 is 0 Å². The van der Waals surface area contributed by atoms with E-state index < -0.39 is 35.9 Å². The number of rotatable bonds is 4. The Kier molecular flexibility index (Phi) is 4.17. The molecule has 0 saturated heterocycles. The van der Waals surface area contributed by atoms with E-state index in [1.807, 2.05) is 0 Å². The number of carboxylic acid groups (broad SMARTS) is 2. The summed E-state index contributed by atoms with van der Waals surface area (Å²) in [4.78, 5) is 21.7. The standard InChI is InChI=1S/C10H7BrF2O4/c11-4-1-6(9(14)15)5(3-8(12)13)7(2-4)10(16)17/h1-2,8H,3H2,(H,14,15)(H,16,17). The molecule has 7 heteroatoms. The highest BCUT2D eigenvalue weighted by Gasteiger charge is 2.22. The average molecular weight is 309 g/mol. The van der Waals surface area contributed by atoms with Gasteiger partial charge in [-0.2, -0.15) is 0 Å². The van der Waals surface area contributed by atoms with Crippen molar-refractivity contribution >= 4 is 27.9 Å². The first kappa shape index (κ1) is 13.6. The molecule has 0 atom stereocenters. The minimum absolute atomic E-state index is 0.213. The summed E-state index contributed by atoms with van der Waals surface area (Å²) in [6.45, 7) is 0. The van der Waals surface area contributed by atoms with E-state index in [-0.39, 0.29) is 10.0 Å². The topological polar surface area (TPSA) is 74.6 Å². The molecule has 17 heavy (non-hydrogen) atoms. The largest absolute Gasteiger partial charge is 0.478 e. The van der Waals surface area contributed by atoms with Gasteiger partial charge in [-0.25, -0.2) is 18.4 Å². The van der Waals surface area contributed by atoms with Gasteiger partial charge in [-0.3, -0.25) is 0 Å². The van der Waals surface area contributed by atoms with Crippen LogP contribution in [-0.2, 0) is 6.42 Å². The Hall–Kier alpha value is -1.50. The van der Waals surface area contributed by atoms with Gasteiger partial charge in [0.1, 0.15) is 0 Å². The minimum Gasteiger partial charge on any atom is -0.478 e. The van der Waals surface area contributed by atoms with Crippen molar-refractivity contribution in [3.8, 4) is 0 Å². The maximum absolute atomic E-state index is 12.3. The van der Waals surface area contributed by atoms with Crippen molar-refractivity contribution in [2.24, 2.45) is 0 Å². The molecule has 1 rings (SSSR count). The van der Waals surface area contributed by atoms with Crippen LogP contribution in [-0.4, -0.2) is 28.6 Å². The molecule has 0 saturated carbocycles.